The van der Waals surface area contributed by atoms with Crippen LogP contribution in [0.2, 0.25) is 0 Å². The summed E-state index contributed by atoms with van der Waals surface area (Å²) in [5.41, 5.74) is 1.11. The van der Waals surface area contributed by atoms with Crippen molar-refractivity contribution in [2.24, 2.45) is 5.92 Å². The largest absolute Gasteiger partial charge is 0.459 e. The van der Waals surface area contributed by atoms with Gasteiger partial charge in [-0.15, -0.1) is 0 Å². The zero-order valence-electron chi connectivity index (χ0n) is 9.68. The fourth-order valence-corrected chi connectivity index (χ4v) is 2.12. The molecule has 0 N–H and O–H groups in total. The van der Waals surface area contributed by atoms with E-state index in [1.807, 2.05) is 13.8 Å². The summed E-state index contributed by atoms with van der Waals surface area (Å²) in [7, 11) is 0. The van der Waals surface area contributed by atoms with Crippen LogP contribution >= 0.6 is 15.9 Å². The molecule has 1 rings (SSSR count). The van der Waals surface area contributed by atoms with E-state index in [1.54, 1.807) is 0 Å². The SMILES string of the molecule is CC1=CCC(C(C)(C)OC(=O)CBr)CC1. The molecule has 2 nitrogen and oxygen atoms in total. The standard InChI is InChI=1S/C12H19BrO2/c1-9-4-6-10(7-5-9)12(2,3)15-11(14)8-13/h4,10H,5-8H2,1-3H3. The number of carbonyl (C=O) groups excluding carboxylic acids is 1. The first-order chi connectivity index (χ1) is 6.95. The highest BCUT2D eigenvalue weighted by molar-refractivity contribution is 9.09. The zero-order chi connectivity index (χ0) is 11.5. The van der Waals surface area contributed by atoms with Crippen LogP contribution in [-0.2, 0) is 9.53 Å². The van der Waals surface area contributed by atoms with Crippen molar-refractivity contribution >= 4 is 21.9 Å². The lowest BCUT2D eigenvalue weighted by atomic mass is 9.79. The van der Waals surface area contributed by atoms with Crippen LogP contribution in [0.3, 0.4) is 0 Å². The molecule has 0 spiro atoms. The van der Waals surface area contributed by atoms with Gasteiger partial charge < -0.3 is 4.74 Å². The molecular formula is C12H19BrO2. The second-order valence-electron chi connectivity index (χ2n) is 4.73. The van der Waals surface area contributed by atoms with Gasteiger partial charge in [0, 0.05) is 5.92 Å². The van der Waals surface area contributed by atoms with Crippen molar-refractivity contribution < 1.29 is 9.53 Å². The van der Waals surface area contributed by atoms with Gasteiger partial charge in [0.15, 0.2) is 0 Å². The van der Waals surface area contributed by atoms with Crippen molar-refractivity contribution in [3.63, 3.8) is 0 Å². The number of rotatable bonds is 3. The maximum atomic E-state index is 11.2. The van der Waals surface area contributed by atoms with Gasteiger partial charge in [0.2, 0.25) is 0 Å². The molecule has 1 atom stereocenters. The monoisotopic (exact) mass is 274 g/mol. The Morgan fingerprint density at radius 2 is 2.33 bits per heavy atom. The molecule has 0 amide bonds. The van der Waals surface area contributed by atoms with Crippen LogP contribution in [0.4, 0.5) is 0 Å². The molecule has 0 saturated heterocycles. The summed E-state index contributed by atoms with van der Waals surface area (Å²) in [5.74, 6) is 0.274. The molecule has 86 valence electrons. The highest BCUT2D eigenvalue weighted by Gasteiger charge is 2.33. The Labute approximate surface area is 100 Å². The maximum absolute atomic E-state index is 11.2. The minimum atomic E-state index is -0.345. The first-order valence-corrected chi connectivity index (χ1v) is 6.51. The number of halogens is 1. The Morgan fingerprint density at radius 1 is 1.67 bits per heavy atom. The fourth-order valence-electron chi connectivity index (χ4n) is 2.00. The van der Waals surface area contributed by atoms with E-state index in [-0.39, 0.29) is 16.9 Å². The van der Waals surface area contributed by atoms with Crippen LogP contribution in [0, 0.1) is 5.92 Å². The molecule has 0 heterocycles. The average Bonchev–Trinajstić information content (AvgIpc) is 2.17. The van der Waals surface area contributed by atoms with Gasteiger partial charge in [0.25, 0.3) is 0 Å². The van der Waals surface area contributed by atoms with Crippen LogP contribution in [0.1, 0.15) is 40.0 Å². The van der Waals surface area contributed by atoms with Crippen LogP contribution in [0.25, 0.3) is 0 Å². The number of hydrogen-bond acceptors (Lipinski definition) is 2. The normalized spacial score (nSPS) is 22.1. The lowest BCUT2D eigenvalue weighted by Gasteiger charge is -2.35. The maximum Gasteiger partial charge on any atom is 0.317 e. The Hall–Kier alpha value is -0.310. The molecule has 0 aromatic carbocycles. The van der Waals surface area contributed by atoms with Crippen molar-refractivity contribution in [3.05, 3.63) is 11.6 Å². The van der Waals surface area contributed by atoms with Crippen molar-refractivity contribution in [2.45, 2.75) is 45.6 Å². The first kappa shape index (κ1) is 12.8. The van der Waals surface area contributed by atoms with E-state index in [0.717, 1.165) is 19.3 Å². The third kappa shape index (κ3) is 3.63. The van der Waals surface area contributed by atoms with E-state index >= 15 is 0 Å². The van der Waals surface area contributed by atoms with E-state index in [0.29, 0.717) is 5.92 Å². The van der Waals surface area contributed by atoms with E-state index < -0.39 is 0 Å². The molecule has 0 saturated carbocycles. The first-order valence-electron chi connectivity index (χ1n) is 5.39. The summed E-state index contributed by atoms with van der Waals surface area (Å²) in [5, 5.41) is 0.276. The summed E-state index contributed by atoms with van der Waals surface area (Å²) in [6.07, 6.45) is 5.52. The predicted octanol–water partition coefficient (Wildman–Crippen LogP) is 3.45. The van der Waals surface area contributed by atoms with Crippen molar-refractivity contribution in [1.29, 1.82) is 0 Å². The average molecular weight is 275 g/mol. The van der Waals surface area contributed by atoms with E-state index in [4.69, 9.17) is 4.74 Å². The molecule has 1 unspecified atom stereocenters. The van der Waals surface area contributed by atoms with Crippen LogP contribution < -0.4 is 0 Å². The Kier molecular flexibility index (Phi) is 4.38. The smallest absolute Gasteiger partial charge is 0.317 e. The predicted molar refractivity (Wildman–Crippen MR) is 65.1 cm³/mol. The molecule has 15 heavy (non-hydrogen) atoms. The third-order valence-corrected chi connectivity index (χ3v) is 3.56. The zero-order valence-corrected chi connectivity index (χ0v) is 11.3. The number of hydrogen-bond donors (Lipinski definition) is 0. The molecule has 0 fully saturated rings. The number of carbonyl (C=O) groups is 1. The van der Waals surface area contributed by atoms with Gasteiger partial charge in [-0.25, -0.2) is 0 Å². The van der Waals surface area contributed by atoms with Gasteiger partial charge >= 0.3 is 5.97 Å². The van der Waals surface area contributed by atoms with Gasteiger partial charge in [-0.2, -0.15) is 0 Å². The van der Waals surface area contributed by atoms with Gasteiger partial charge in [-0.05, 0) is 40.0 Å². The molecular weight excluding hydrogens is 256 g/mol. The molecule has 0 aliphatic heterocycles. The van der Waals surface area contributed by atoms with Crippen LogP contribution in [0.15, 0.2) is 11.6 Å². The highest BCUT2D eigenvalue weighted by atomic mass is 79.9. The minimum absolute atomic E-state index is 0.175. The number of allylic oxidation sites excluding steroid dienone is 2. The quantitative estimate of drug-likeness (QED) is 0.448. The van der Waals surface area contributed by atoms with Crippen molar-refractivity contribution in [1.82, 2.24) is 0 Å². The van der Waals surface area contributed by atoms with Crippen LogP contribution in [0.5, 0.6) is 0 Å². The van der Waals surface area contributed by atoms with Crippen molar-refractivity contribution in [3.8, 4) is 0 Å². The van der Waals surface area contributed by atoms with Gasteiger partial charge in [-0.1, -0.05) is 27.6 Å². The number of esters is 1. The molecule has 1 aliphatic rings. The summed E-state index contributed by atoms with van der Waals surface area (Å²) in [4.78, 5) is 11.2. The van der Waals surface area contributed by atoms with Crippen molar-refractivity contribution in [2.75, 3.05) is 5.33 Å². The third-order valence-electron chi connectivity index (χ3n) is 3.11. The topological polar surface area (TPSA) is 26.3 Å². The second kappa shape index (κ2) is 5.15. The summed E-state index contributed by atoms with van der Waals surface area (Å²) < 4.78 is 5.45. The molecule has 0 bridgehead atoms. The number of alkyl halides is 1. The van der Waals surface area contributed by atoms with Gasteiger partial charge in [-0.3, -0.25) is 4.79 Å². The Morgan fingerprint density at radius 3 is 2.80 bits per heavy atom. The van der Waals surface area contributed by atoms with E-state index in [9.17, 15) is 4.79 Å². The fraction of sp³-hybridized carbons (Fsp3) is 0.750. The summed E-state index contributed by atoms with van der Waals surface area (Å²) >= 11 is 3.11. The van der Waals surface area contributed by atoms with Gasteiger partial charge in [0.1, 0.15) is 10.9 Å². The lowest BCUT2D eigenvalue weighted by Crippen LogP contribution is -2.37. The number of ether oxygens (including phenoxy) is 1. The van der Waals surface area contributed by atoms with E-state index in [1.165, 1.54) is 5.57 Å². The summed E-state index contributed by atoms with van der Waals surface area (Å²) in [6, 6.07) is 0. The molecule has 0 radical (unpaired) electrons. The van der Waals surface area contributed by atoms with E-state index in [2.05, 4.69) is 28.9 Å². The minimum Gasteiger partial charge on any atom is -0.459 e. The Bertz CT molecular complexity index is 269. The van der Waals surface area contributed by atoms with Crippen LogP contribution in [-0.4, -0.2) is 16.9 Å². The lowest BCUT2D eigenvalue weighted by molar-refractivity contribution is -0.158. The molecule has 3 heteroatoms. The Balaban J connectivity index is 2.58. The highest BCUT2D eigenvalue weighted by Crippen LogP contribution is 2.34. The molecule has 0 aromatic heterocycles. The van der Waals surface area contributed by atoms with Gasteiger partial charge in [0.05, 0.1) is 0 Å². The molecule has 1 aliphatic carbocycles. The molecule has 0 aromatic rings. The second-order valence-corrected chi connectivity index (χ2v) is 5.29. The summed E-state index contributed by atoms with van der Waals surface area (Å²) in [6.45, 7) is 6.17.